The van der Waals surface area contributed by atoms with E-state index in [0.717, 1.165) is 10.2 Å². The SMILES string of the molecule is CC(C)(CC(=O)O)Nc1ncnc2sccc12. The van der Waals surface area contributed by atoms with Crippen LogP contribution in [0.25, 0.3) is 10.2 Å². The maximum Gasteiger partial charge on any atom is 0.305 e. The zero-order valence-corrected chi connectivity index (χ0v) is 10.4. The number of carboxylic acid groups (broad SMARTS) is 1. The van der Waals surface area contributed by atoms with Crippen LogP contribution in [0.4, 0.5) is 5.82 Å². The first-order valence-electron chi connectivity index (χ1n) is 5.16. The van der Waals surface area contributed by atoms with Crippen LogP contribution in [0, 0.1) is 0 Å². The smallest absolute Gasteiger partial charge is 0.305 e. The first kappa shape index (κ1) is 11.8. The topological polar surface area (TPSA) is 75.1 Å². The summed E-state index contributed by atoms with van der Waals surface area (Å²) < 4.78 is 0. The summed E-state index contributed by atoms with van der Waals surface area (Å²) in [5.41, 5.74) is -0.547. The van der Waals surface area contributed by atoms with Crippen molar-refractivity contribution in [1.29, 1.82) is 0 Å². The number of anilines is 1. The fraction of sp³-hybridized carbons (Fsp3) is 0.364. The van der Waals surface area contributed by atoms with Crippen LogP contribution in [0.5, 0.6) is 0 Å². The Morgan fingerprint density at radius 1 is 1.53 bits per heavy atom. The molecule has 0 unspecified atom stereocenters. The summed E-state index contributed by atoms with van der Waals surface area (Å²) in [6.45, 7) is 3.67. The minimum absolute atomic E-state index is 0.0304. The zero-order chi connectivity index (χ0) is 12.5. The minimum atomic E-state index is -0.835. The largest absolute Gasteiger partial charge is 0.481 e. The van der Waals surface area contributed by atoms with Crippen LogP contribution in [-0.4, -0.2) is 26.6 Å². The molecule has 0 aliphatic rings. The van der Waals surface area contributed by atoms with E-state index >= 15 is 0 Å². The van der Waals surface area contributed by atoms with Gasteiger partial charge in [-0.3, -0.25) is 4.79 Å². The Labute approximate surface area is 103 Å². The molecule has 17 heavy (non-hydrogen) atoms. The lowest BCUT2D eigenvalue weighted by Gasteiger charge is -2.25. The molecule has 0 radical (unpaired) electrons. The van der Waals surface area contributed by atoms with Crippen molar-refractivity contribution < 1.29 is 9.90 Å². The van der Waals surface area contributed by atoms with Gasteiger partial charge >= 0.3 is 5.97 Å². The van der Waals surface area contributed by atoms with E-state index in [1.807, 2.05) is 25.3 Å². The van der Waals surface area contributed by atoms with Crippen molar-refractivity contribution in [3.8, 4) is 0 Å². The molecule has 0 amide bonds. The molecule has 0 bridgehead atoms. The third-order valence-electron chi connectivity index (χ3n) is 2.31. The van der Waals surface area contributed by atoms with Crippen LogP contribution in [0.1, 0.15) is 20.3 Å². The number of aromatic nitrogens is 2. The second kappa shape index (κ2) is 4.29. The minimum Gasteiger partial charge on any atom is -0.481 e. The zero-order valence-electron chi connectivity index (χ0n) is 9.60. The van der Waals surface area contributed by atoms with Gasteiger partial charge in [0, 0.05) is 5.54 Å². The molecule has 0 saturated carbocycles. The number of carbonyl (C=O) groups is 1. The van der Waals surface area contributed by atoms with E-state index < -0.39 is 11.5 Å². The van der Waals surface area contributed by atoms with Crippen molar-refractivity contribution in [3.05, 3.63) is 17.8 Å². The Morgan fingerprint density at radius 2 is 2.29 bits per heavy atom. The van der Waals surface area contributed by atoms with Crippen LogP contribution in [0.15, 0.2) is 17.8 Å². The summed E-state index contributed by atoms with van der Waals surface area (Å²) in [5.74, 6) is -0.152. The van der Waals surface area contributed by atoms with Gasteiger partial charge in [-0.25, -0.2) is 9.97 Å². The standard InChI is InChI=1S/C11H13N3O2S/c1-11(2,5-8(15)16)14-9-7-3-4-17-10(7)13-6-12-9/h3-4,6H,5H2,1-2H3,(H,15,16)(H,12,13,14). The molecule has 0 aliphatic heterocycles. The van der Waals surface area contributed by atoms with Gasteiger partial charge < -0.3 is 10.4 Å². The lowest BCUT2D eigenvalue weighted by atomic mass is 10.0. The molecule has 6 heteroatoms. The number of thiophene rings is 1. The van der Waals surface area contributed by atoms with Crippen molar-refractivity contribution in [3.63, 3.8) is 0 Å². The van der Waals surface area contributed by atoms with Crippen molar-refractivity contribution in [2.75, 3.05) is 5.32 Å². The van der Waals surface area contributed by atoms with Gasteiger partial charge in [-0.1, -0.05) is 0 Å². The Hall–Kier alpha value is -1.69. The number of hydrogen-bond acceptors (Lipinski definition) is 5. The molecule has 0 aliphatic carbocycles. The van der Waals surface area contributed by atoms with Crippen molar-refractivity contribution >= 4 is 33.3 Å². The normalized spacial score (nSPS) is 11.6. The van der Waals surface area contributed by atoms with Gasteiger partial charge in [0.1, 0.15) is 17.0 Å². The van der Waals surface area contributed by atoms with Crippen LogP contribution < -0.4 is 5.32 Å². The van der Waals surface area contributed by atoms with Gasteiger partial charge in [-0.2, -0.15) is 0 Å². The highest BCUT2D eigenvalue weighted by Gasteiger charge is 2.22. The second-order valence-electron chi connectivity index (χ2n) is 4.44. The molecule has 0 aromatic carbocycles. The second-order valence-corrected chi connectivity index (χ2v) is 5.34. The molecular weight excluding hydrogens is 238 g/mol. The number of fused-ring (bicyclic) bond motifs is 1. The van der Waals surface area contributed by atoms with Crippen LogP contribution in [0.2, 0.25) is 0 Å². The van der Waals surface area contributed by atoms with Crippen molar-refractivity contribution in [1.82, 2.24) is 9.97 Å². The highest BCUT2D eigenvalue weighted by Crippen LogP contribution is 2.26. The van der Waals surface area contributed by atoms with Crippen LogP contribution in [-0.2, 0) is 4.79 Å². The molecule has 0 atom stereocenters. The quantitative estimate of drug-likeness (QED) is 0.872. The van der Waals surface area contributed by atoms with E-state index in [1.54, 1.807) is 0 Å². The van der Waals surface area contributed by atoms with Gasteiger partial charge in [0.2, 0.25) is 0 Å². The van der Waals surface area contributed by atoms with Crippen molar-refractivity contribution in [2.45, 2.75) is 25.8 Å². The van der Waals surface area contributed by atoms with Crippen molar-refractivity contribution in [2.24, 2.45) is 0 Å². The van der Waals surface area contributed by atoms with Crippen LogP contribution in [0.3, 0.4) is 0 Å². The summed E-state index contributed by atoms with van der Waals surface area (Å²) in [7, 11) is 0. The van der Waals surface area contributed by atoms with E-state index in [-0.39, 0.29) is 6.42 Å². The molecule has 0 fully saturated rings. The fourth-order valence-corrected chi connectivity index (χ4v) is 2.37. The molecule has 2 heterocycles. The van der Waals surface area contributed by atoms with Gasteiger partial charge in [0.15, 0.2) is 0 Å². The third kappa shape index (κ3) is 2.71. The average Bonchev–Trinajstić information content (AvgIpc) is 2.63. The number of nitrogens with zero attached hydrogens (tertiary/aromatic N) is 2. The van der Waals surface area contributed by atoms with E-state index in [1.165, 1.54) is 17.7 Å². The van der Waals surface area contributed by atoms with E-state index in [4.69, 9.17) is 5.11 Å². The monoisotopic (exact) mass is 251 g/mol. The number of rotatable bonds is 4. The number of hydrogen-bond donors (Lipinski definition) is 2. The first-order valence-corrected chi connectivity index (χ1v) is 6.04. The predicted molar refractivity (Wildman–Crippen MR) is 67.4 cm³/mol. The Morgan fingerprint density at radius 3 is 3.00 bits per heavy atom. The summed E-state index contributed by atoms with van der Waals surface area (Å²) >= 11 is 1.53. The number of carboxylic acids is 1. The molecule has 2 rings (SSSR count). The summed E-state index contributed by atoms with van der Waals surface area (Å²) in [6, 6.07) is 1.93. The van der Waals surface area contributed by atoms with E-state index in [0.29, 0.717) is 5.82 Å². The van der Waals surface area contributed by atoms with E-state index in [2.05, 4.69) is 15.3 Å². The maximum atomic E-state index is 10.7. The lowest BCUT2D eigenvalue weighted by Crippen LogP contribution is -2.34. The first-order chi connectivity index (χ1) is 7.98. The summed E-state index contributed by atoms with van der Waals surface area (Å²) in [4.78, 5) is 20.0. The molecule has 0 spiro atoms. The Kier molecular flexibility index (Phi) is 2.97. The molecule has 90 valence electrons. The maximum absolute atomic E-state index is 10.7. The average molecular weight is 251 g/mol. The van der Waals surface area contributed by atoms with Gasteiger partial charge in [-0.15, -0.1) is 11.3 Å². The molecule has 2 aromatic heterocycles. The van der Waals surface area contributed by atoms with Gasteiger partial charge in [0.05, 0.1) is 11.8 Å². The molecule has 2 N–H and O–H groups in total. The summed E-state index contributed by atoms with van der Waals surface area (Å²) in [6.07, 6.45) is 1.51. The number of aliphatic carboxylic acids is 1. The molecule has 0 saturated heterocycles. The molecule has 2 aromatic rings. The van der Waals surface area contributed by atoms with Gasteiger partial charge in [-0.05, 0) is 25.3 Å². The third-order valence-corrected chi connectivity index (χ3v) is 3.13. The molecule has 5 nitrogen and oxygen atoms in total. The molecular formula is C11H13N3O2S. The van der Waals surface area contributed by atoms with Crippen LogP contribution >= 0.6 is 11.3 Å². The number of nitrogens with one attached hydrogen (secondary N) is 1. The van der Waals surface area contributed by atoms with Gasteiger partial charge in [0.25, 0.3) is 0 Å². The Balaban J connectivity index is 2.29. The summed E-state index contributed by atoms with van der Waals surface area (Å²) in [5, 5.41) is 14.8. The van der Waals surface area contributed by atoms with E-state index in [9.17, 15) is 4.79 Å². The highest BCUT2D eigenvalue weighted by molar-refractivity contribution is 7.16. The predicted octanol–water partition coefficient (Wildman–Crippen LogP) is 2.36. The Bertz CT molecular complexity index is 550. The highest BCUT2D eigenvalue weighted by atomic mass is 32.1. The fourth-order valence-electron chi connectivity index (χ4n) is 1.63. The lowest BCUT2D eigenvalue weighted by molar-refractivity contribution is -0.137.